The van der Waals surface area contributed by atoms with Gasteiger partial charge in [-0.2, -0.15) is 0 Å². The molecular formula is C24H27N3O3. The minimum absolute atomic E-state index is 0.0741. The smallest absolute Gasteiger partial charge is 0.262 e. The van der Waals surface area contributed by atoms with Crippen molar-refractivity contribution < 1.29 is 14.3 Å². The van der Waals surface area contributed by atoms with Gasteiger partial charge in [-0.15, -0.1) is 0 Å². The summed E-state index contributed by atoms with van der Waals surface area (Å²) in [5.41, 5.74) is 1.88. The number of carbonyl (C=O) groups is 1. The van der Waals surface area contributed by atoms with Crippen molar-refractivity contribution in [3.05, 3.63) is 72.9 Å². The van der Waals surface area contributed by atoms with Gasteiger partial charge in [0.1, 0.15) is 11.5 Å². The molecule has 156 valence electrons. The summed E-state index contributed by atoms with van der Waals surface area (Å²) >= 11 is 0. The number of hydrogen-bond donors (Lipinski definition) is 1. The first-order chi connectivity index (χ1) is 14.5. The van der Waals surface area contributed by atoms with Crippen molar-refractivity contribution in [1.29, 1.82) is 0 Å². The predicted octanol–water partition coefficient (Wildman–Crippen LogP) is 5.13. The van der Waals surface area contributed by atoms with Crippen LogP contribution in [-0.4, -0.2) is 30.1 Å². The molecule has 0 aliphatic rings. The Labute approximate surface area is 177 Å². The topological polar surface area (TPSA) is 63.7 Å². The minimum atomic E-state index is -0.215. The van der Waals surface area contributed by atoms with E-state index in [4.69, 9.17) is 9.47 Å². The zero-order valence-corrected chi connectivity index (χ0v) is 17.5. The molecule has 0 unspecified atom stereocenters. The van der Waals surface area contributed by atoms with E-state index in [-0.39, 0.29) is 12.5 Å². The molecule has 0 bridgehead atoms. The lowest BCUT2D eigenvalue weighted by Crippen LogP contribution is -2.30. The summed E-state index contributed by atoms with van der Waals surface area (Å²) in [6, 6.07) is 20.8. The van der Waals surface area contributed by atoms with Gasteiger partial charge in [-0.25, -0.2) is 4.98 Å². The van der Waals surface area contributed by atoms with E-state index in [1.54, 1.807) is 36.5 Å². The number of nitrogens with one attached hydrogen (secondary N) is 1. The average molecular weight is 405 g/mol. The highest BCUT2D eigenvalue weighted by atomic mass is 16.5. The highest BCUT2D eigenvalue weighted by Crippen LogP contribution is 2.22. The van der Waals surface area contributed by atoms with Gasteiger partial charge in [-0.3, -0.25) is 4.79 Å². The lowest BCUT2D eigenvalue weighted by Gasteiger charge is -2.27. The van der Waals surface area contributed by atoms with Crippen LogP contribution in [0.5, 0.6) is 17.4 Å². The fourth-order valence-corrected chi connectivity index (χ4v) is 3.06. The van der Waals surface area contributed by atoms with E-state index in [1.165, 1.54) is 0 Å². The van der Waals surface area contributed by atoms with Gasteiger partial charge in [0, 0.05) is 36.2 Å². The number of hydrogen-bond acceptors (Lipinski definition) is 5. The Kier molecular flexibility index (Phi) is 7.27. The predicted molar refractivity (Wildman–Crippen MR) is 119 cm³/mol. The molecule has 6 heteroatoms. The van der Waals surface area contributed by atoms with E-state index in [1.807, 2.05) is 36.4 Å². The molecule has 0 saturated carbocycles. The number of amides is 1. The molecule has 3 aromatic rings. The van der Waals surface area contributed by atoms with Crippen LogP contribution < -0.4 is 19.7 Å². The standard InChI is InChI=1S/C24H27N3O3/c1-4-27(18(2)3)20-10-8-19(9-11-20)26-23(28)17-29-21-12-14-22(15-13-21)30-24-7-5-6-16-25-24/h5-16,18H,4,17H2,1-3H3,(H,26,28). The van der Waals surface area contributed by atoms with Gasteiger partial charge in [0.05, 0.1) is 0 Å². The summed E-state index contributed by atoms with van der Waals surface area (Å²) in [5.74, 6) is 1.54. The Bertz CT molecular complexity index is 926. The molecule has 1 amide bonds. The van der Waals surface area contributed by atoms with Crippen LogP contribution in [0.4, 0.5) is 11.4 Å². The van der Waals surface area contributed by atoms with Crippen LogP contribution in [0.25, 0.3) is 0 Å². The molecule has 0 aliphatic heterocycles. The van der Waals surface area contributed by atoms with Crippen LogP contribution in [-0.2, 0) is 4.79 Å². The largest absolute Gasteiger partial charge is 0.484 e. The normalized spacial score (nSPS) is 10.5. The second kappa shape index (κ2) is 10.3. The molecule has 1 aromatic heterocycles. The summed E-state index contributed by atoms with van der Waals surface area (Å²) in [7, 11) is 0. The van der Waals surface area contributed by atoms with Crippen LogP contribution in [0.1, 0.15) is 20.8 Å². The molecule has 0 fully saturated rings. The summed E-state index contributed by atoms with van der Waals surface area (Å²) in [5, 5.41) is 2.85. The van der Waals surface area contributed by atoms with Crippen LogP contribution in [0, 0.1) is 0 Å². The third kappa shape index (κ3) is 5.98. The minimum Gasteiger partial charge on any atom is -0.484 e. The van der Waals surface area contributed by atoms with Crippen molar-refractivity contribution in [2.45, 2.75) is 26.8 Å². The number of rotatable bonds is 9. The number of anilines is 2. The van der Waals surface area contributed by atoms with Gasteiger partial charge in [0.15, 0.2) is 6.61 Å². The third-order valence-corrected chi connectivity index (χ3v) is 4.50. The molecule has 0 spiro atoms. The van der Waals surface area contributed by atoms with Gasteiger partial charge in [-0.05, 0) is 75.4 Å². The fraction of sp³-hybridized carbons (Fsp3) is 0.250. The van der Waals surface area contributed by atoms with Gasteiger partial charge >= 0.3 is 0 Å². The maximum atomic E-state index is 12.2. The summed E-state index contributed by atoms with van der Waals surface area (Å²) in [6.45, 7) is 7.31. The van der Waals surface area contributed by atoms with E-state index in [0.717, 1.165) is 17.9 Å². The Morgan fingerprint density at radius 2 is 1.70 bits per heavy atom. The van der Waals surface area contributed by atoms with Crippen LogP contribution in [0.2, 0.25) is 0 Å². The fourth-order valence-electron chi connectivity index (χ4n) is 3.06. The molecule has 3 rings (SSSR count). The third-order valence-electron chi connectivity index (χ3n) is 4.50. The first-order valence-corrected chi connectivity index (χ1v) is 10.0. The van der Waals surface area contributed by atoms with Crippen molar-refractivity contribution in [2.75, 3.05) is 23.4 Å². The van der Waals surface area contributed by atoms with Gasteiger partial charge in [0.25, 0.3) is 5.91 Å². The lowest BCUT2D eigenvalue weighted by atomic mass is 10.2. The highest BCUT2D eigenvalue weighted by molar-refractivity contribution is 5.92. The van der Waals surface area contributed by atoms with Crippen molar-refractivity contribution in [1.82, 2.24) is 4.98 Å². The molecule has 30 heavy (non-hydrogen) atoms. The highest BCUT2D eigenvalue weighted by Gasteiger charge is 2.09. The van der Waals surface area contributed by atoms with Crippen molar-refractivity contribution in [2.24, 2.45) is 0 Å². The molecule has 2 aromatic carbocycles. The molecule has 6 nitrogen and oxygen atoms in total. The zero-order chi connectivity index (χ0) is 21.3. The van der Waals surface area contributed by atoms with Crippen LogP contribution in [0.15, 0.2) is 72.9 Å². The number of ether oxygens (including phenoxy) is 2. The van der Waals surface area contributed by atoms with E-state index in [9.17, 15) is 4.79 Å². The number of nitrogens with zero attached hydrogens (tertiary/aromatic N) is 2. The number of pyridine rings is 1. The van der Waals surface area contributed by atoms with Crippen molar-refractivity contribution in [3.8, 4) is 17.4 Å². The Balaban J connectivity index is 1.48. The maximum absolute atomic E-state index is 12.2. The molecule has 0 atom stereocenters. The van der Waals surface area contributed by atoms with Crippen molar-refractivity contribution >= 4 is 17.3 Å². The second-order valence-corrected chi connectivity index (χ2v) is 7.00. The first-order valence-electron chi connectivity index (χ1n) is 10.0. The Hall–Kier alpha value is -3.54. The van der Waals surface area contributed by atoms with Gasteiger partial charge in [0.2, 0.25) is 5.88 Å². The van der Waals surface area contributed by atoms with Crippen LogP contribution >= 0.6 is 0 Å². The lowest BCUT2D eigenvalue weighted by molar-refractivity contribution is -0.118. The zero-order valence-electron chi connectivity index (χ0n) is 17.5. The summed E-state index contributed by atoms with van der Waals surface area (Å²) in [4.78, 5) is 18.6. The molecule has 0 radical (unpaired) electrons. The van der Waals surface area contributed by atoms with Gasteiger partial charge in [-0.1, -0.05) is 6.07 Å². The van der Waals surface area contributed by atoms with Crippen LogP contribution in [0.3, 0.4) is 0 Å². The Morgan fingerprint density at radius 1 is 1.00 bits per heavy atom. The van der Waals surface area contributed by atoms with E-state index < -0.39 is 0 Å². The first kappa shape index (κ1) is 21.2. The number of carbonyl (C=O) groups excluding carboxylic acids is 1. The van der Waals surface area contributed by atoms with E-state index >= 15 is 0 Å². The monoisotopic (exact) mass is 405 g/mol. The molecule has 1 N–H and O–H groups in total. The SMILES string of the molecule is CCN(c1ccc(NC(=O)COc2ccc(Oc3ccccn3)cc2)cc1)C(C)C. The number of aromatic nitrogens is 1. The van der Waals surface area contributed by atoms with E-state index in [2.05, 4.69) is 36.0 Å². The molecular weight excluding hydrogens is 378 g/mol. The van der Waals surface area contributed by atoms with Gasteiger partial charge < -0.3 is 19.7 Å². The molecule has 0 saturated heterocycles. The summed E-state index contributed by atoms with van der Waals surface area (Å²) in [6.07, 6.45) is 1.67. The summed E-state index contributed by atoms with van der Waals surface area (Å²) < 4.78 is 11.2. The number of benzene rings is 2. The van der Waals surface area contributed by atoms with E-state index in [0.29, 0.717) is 23.4 Å². The Morgan fingerprint density at radius 3 is 2.30 bits per heavy atom. The quantitative estimate of drug-likeness (QED) is 0.535. The van der Waals surface area contributed by atoms with Crippen molar-refractivity contribution in [3.63, 3.8) is 0 Å². The maximum Gasteiger partial charge on any atom is 0.262 e. The second-order valence-electron chi connectivity index (χ2n) is 7.00. The average Bonchev–Trinajstić information content (AvgIpc) is 2.75. The molecule has 0 aliphatic carbocycles. The molecule has 1 heterocycles.